The van der Waals surface area contributed by atoms with Gasteiger partial charge in [-0.3, -0.25) is 0 Å². The summed E-state index contributed by atoms with van der Waals surface area (Å²) in [6.07, 6.45) is 1.98. The fourth-order valence-electron chi connectivity index (χ4n) is 2.29. The van der Waals surface area contributed by atoms with Gasteiger partial charge in [0, 0.05) is 10.9 Å². The number of hydrogen-bond acceptors (Lipinski definition) is 3. The van der Waals surface area contributed by atoms with Crippen molar-refractivity contribution in [3.63, 3.8) is 0 Å². The first-order chi connectivity index (χ1) is 9.21. The first-order valence-electron chi connectivity index (χ1n) is 6.52. The third-order valence-electron chi connectivity index (χ3n) is 3.37. The molecule has 0 aliphatic rings. The second-order valence-electron chi connectivity index (χ2n) is 4.48. The van der Waals surface area contributed by atoms with Crippen LogP contribution in [0.25, 0.3) is 5.69 Å². The van der Waals surface area contributed by atoms with Gasteiger partial charge in [0.15, 0.2) is 0 Å². The number of hydrogen-bond donors (Lipinski definition) is 1. The average Bonchev–Trinajstić information content (AvgIpc) is 2.85. The highest BCUT2D eigenvalue weighted by Gasteiger charge is 2.20. The Morgan fingerprint density at radius 3 is 2.37 bits per heavy atom. The maximum absolute atomic E-state index is 9.43. The van der Waals surface area contributed by atoms with Gasteiger partial charge in [0.05, 0.1) is 18.0 Å². The summed E-state index contributed by atoms with van der Waals surface area (Å²) in [5, 5.41) is 18.4. The number of rotatable bonds is 5. The molecule has 0 spiro atoms. The molecule has 1 N–H and O–H groups in total. The van der Waals surface area contributed by atoms with E-state index in [1.165, 1.54) is 0 Å². The molecular weight excluding hydrogens is 262 g/mol. The van der Waals surface area contributed by atoms with Gasteiger partial charge in [0.2, 0.25) is 0 Å². The zero-order chi connectivity index (χ0) is 13.8. The molecule has 0 aliphatic carbocycles. The van der Waals surface area contributed by atoms with E-state index in [1.54, 1.807) is 4.68 Å². The molecule has 0 aliphatic heterocycles. The van der Waals surface area contributed by atoms with Crippen LogP contribution in [-0.4, -0.2) is 20.1 Å². The number of halogens is 1. The topological polar surface area (TPSA) is 50.9 Å². The highest BCUT2D eigenvalue weighted by Crippen LogP contribution is 2.27. The third kappa shape index (κ3) is 2.80. The molecule has 0 saturated carbocycles. The van der Waals surface area contributed by atoms with Crippen LogP contribution in [0.3, 0.4) is 0 Å². The van der Waals surface area contributed by atoms with E-state index in [4.69, 9.17) is 11.6 Å². The summed E-state index contributed by atoms with van der Waals surface area (Å²) < 4.78 is 1.81. The van der Waals surface area contributed by atoms with Crippen LogP contribution in [-0.2, 0) is 6.61 Å². The fourth-order valence-corrected chi connectivity index (χ4v) is 2.42. The average molecular weight is 280 g/mol. The van der Waals surface area contributed by atoms with Gasteiger partial charge in [0.1, 0.15) is 5.69 Å². The van der Waals surface area contributed by atoms with Crippen molar-refractivity contribution in [3.05, 3.63) is 40.7 Å². The molecule has 1 heterocycles. The molecule has 0 bridgehead atoms. The maximum Gasteiger partial charge on any atom is 0.112 e. The summed E-state index contributed by atoms with van der Waals surface area (Å²) in [6, 6.07) is 7.47. The Morgan fingerprint density at radius 2 is 1.84 bits per heavy atom. The second kappa shape index (κ2) is 6.17. The van der Waals surface area contributed by atoms with Gasteiger partial charge < -0.3 is 5.11 Å². The lowest BCUT2D eigenvalue weighted by atomic mass is 9.97. The van der Waals surface area contributed by atoms with Crippen molar-refractivity contribution in [1.29, 1.82) is 0 Å². The summed E-state index contributed by atoms with van der Waals surface area (Å²) >= 11 is 5.90. The van der Waals surface area contributed by atoms with E-state index >= 15 is 0 Å². The van der Waals surface area contributed by atoms with Gasteiger partial charge in [-0.25, -0.2) is 4.68 Å². The molecule has 0 atom stereocenters. The maximum atomic E-state index is 9.43. The van der Waals surface area contributed by atoms with Crippen molar-refractivity contribution in [2.24, 2.45) is 0 Å². The summed E-state index contributed by atoms with van der Waals surface area (Å²) in [7, 11) is 0. The van der Waals surface area contributed by atoms with Crippen LogP contribution in [0.5, 0.6) is 0 Å². The van der Waals surface area contributed by atoms with Gasteiger partial charge in [-0.15, -0.1) is 5.10 Å². The van der Waals surface area contributed by atoms with E-state index in [1.807, 2.05) is 24.3 Å². The molecule has 0 saturated heterocycles. The van der Waals surface area contributed by atoms with Gasteiger partial charge in [-0.2, -0.15) is 0 Å². The predicted molar refractivity (Wildman–Crippen MR) is 75.6 cm³/mol. The van der Waals surface area contributed by atoms with E-state index < -0.39 is 0 Å². The van der Waals surface area contributed by atoms with Crippen LogP contribution >= 0.6 is 11.6 Å². The quantitative estimate of drug-likeness (QED) is 0.913. The summed E-state index contributed by atoms with van der Waals surface area (Å²) in [4.78, 5) is 0. The largest absolute Gasteiger partial charge is 0.390 e. The minimum atomic E-state index is -0.0839. The molecule has 0 unspecified atom stereocenters. The van der Waals surface area contributed by atoms with Crippen molar-refractivity contribution < 1.29 is 5.11 Å². The Bertz CT molecular complexity index is 532. The minimum Gasteiger partial charge on any atom is -0.390 e. The van der Waals surface area contributed by atoms with Crippen LogP contribution in [0.4, 0.5) is 0 Å². The monoisotopic (exact) mass is 279 g/mol. The van der Waals surface area contributed by atoms with E-state index in [-0.39, 0.29) is 6.61 Å². The van der Waals surface area contributed by atoms with Crippen LogP contribution in [0.15, 0.2) is 24.3 Å². The Labute approximate surface area is 118 Å². The third-order valence-corrected chi connectivity index (χ3v) is 3.62. The molecular formula is C14H18ClN3O. The first-order valence-corrected chi connectivity index (χ1v) is 6.90. The second-order valence-corrected chi connectivity index (χ2v) is 4.92. The highest BCUT2D eigenvalue weighted by atomic mass is 35.5. The fraction of sp³-hybridized carbons (Fsp3) is 0.429. The van der Waals surface area contributed by atoms with Crippen LogP contribution in [0, 0.1) is 0 Å². The Kier molecular flexibility index (Phi) is 4.56. The van der Waals surface area contributed by atoms with Gasteiger partial charge in [-0.05, 0) is 37.1 Å². The smallest absolute Gasteiger partial charge is 0.112 e. The normalized spacial score (nSPS) is 11.2. The van der Waals surface area contributed by atoms with Crippen LogP contribution < -0.4 is 0 Å². The SMILES string of the molecule is CCC(CC)c1c(CO)nnn1-c1ccc(Cl)cc1. The number of aromatic nitrogens is 3. The van der Waals surface area contributed by atoms with Crippen molar-refractivity contribution in [2.45, 2.75) is 39.2 Å². The molecule has 5 heteroatoms. The molecule has 2 aromatic rings. The molecule has 19 heavy (non-hydrogen) atoms. The number of aliphatic hydroxyl groups is 1. The number of nitrogens with zero attached hydrogens (tertiary/aromatic N) is 3. The molecule has 2 rings (SSSR count). The molecule has 102 valence electrons. The Hall–Kier alpha value is -1.39. The van der Waals surface area contributed by atoms with E-state index in [2.05, 4.69) is 24.2 Å². The van der Waals surface area contributed by atoms with E-state index in [9.17, 15) is 5.11 Å². The molecule has 0 amide bonds. The first kappa shape index (κ1) is 14.0. The molecule has 4 nitrogen and oxygen atoms in total. The minimum absolute atomic E-state index is 0.0839. The zero-order valence-corrected chi connectivity index (χ0v) is 11.9. The van der Waals surface area contributed by atoms with Crippen molar-refractivity contribution in [3.8, 4) is 5.69 Å². The van der Waals surface area contributed by atoms with Crippen LogP contribution in [0.1, 0.15) is 44.0 Å². The Balaban J connectivity index is 2.51. The van der Waals surface area contributed by atoms with E-state index in [0.29, 0.717) is 16.6 Å². The van der Waals surface area contributed by atoms with Crippen molar-refractivity contribution >= 4 is 11.6 Å². The standard InChI is InChI=1S/C14H18ClN3O/c1-3-10(4-2)14-13(9-19)16-17-18(14)12-7-5-11(15)6-8-12/h5-8,10,19H,3-4,9H2,1-2H3. The van der Waals surface area contributed by atoms with Crippen LogP contribution in [0.2, 0.25) is 5.02 Å². The molecule has 0 fully saturated rings. The van der Waals surface area contributed by atoms with Crippen molar-refractivity contribution in [1.82, 2.24) is 15.0 Å². The summed E-state index contributed by atoms with van der Waals surface area (Å²) in [6.45, 7) is 4.18. The molecule has 1 aromatic carbocycles. The summed E-state index contributed by atoms with van der Waals surface area (Å²) in [5.41, 5.74) is 2.57. The number of benzene rings is 1. The van der Waals surface area contributed by atoms with E-state index in [0.717, 1.165) is 24.2 Å². The highest BCUT2D eigenvalue weighted by molar-refractivity contribution is 6.30. The summed E-state index contributed by atoms with van der Waals surface area (Å²) in [5.74, 6) is 0.341. The van der Waals surface area contributed by atoms with Gasteiger partial charge in [-0.1, -0.05) is 30.7 Å². The lowest BCUT2D eigenvalue weighted by molar-refractivity contribution is 0.274. The lowest BCUT2D eigenvalue weighted by Crippen LogP contribution is -2.09. The lowest BCUT2D eigenvalue weighted by Gasteiger charge is -2.15. The molecule has 1 aromatic heterocycles. The zero-order valence-electron chi connectivity index (χ0n) is 11.2. The van der Waals surface area contributed by atoms with Gasteiger partial charge in [0.25, 0.3) is 0 Å². The Morgan fingerprint density at radius 1 is 1.21 bits per heavy atom. The molecule has 0 radical (unpaired) electrons. The predicted octanol–water partition coefficient (Wildman–Crippen LogP) is 3.32. The van der Waals surface area contributed by atoms with Gasteiger partial charge >= 0.3 is 0 Å². The number of aliphatic hydroxyl groups excluding tert-OH is 1. The van der Waals surface area contributed by atoms with Crippen molar-refractivity contribution in [2.75, 3.05) is 0 Å².